The molecule has 0 unspecified atom stereocenters. The molecular weight excluding hydrogens is 210 g/mol. The summed E-state index contributed by atoms with van der Waals surface area (Å²) in [4.78, 5) is 7.11. The molecule has 0 radical (unpaired) electrons. The lowest BCUT2D eigenvalue weighted by Crippen LogP contribution is -1.96. The molecule has 2 rings (SSSR count). The second-order valence-corrected chi connectivity index (χ2v) is 4.37. The predicted molar refractivity (Wildman–Crippen MR) is 67.7 cm³/mol. The Morgan fingerprint density at radius 2 is 1.71 bits per heavy atom. The first-order valence-electron chi connectivity index (χ1n) is 5.57. The van der Waals surface area contributed by atoms with Gasteiger partial charge < -0.3 is 4.98 Å². The first-order valence-corrected chi connectivity index (χ1v) is 5.57. The van der Waals surface area contributed by atoms with E-state index in [1.807, 2.05) is 0 Å². The summed E-state index contributed by atoms with van der Waals surface area (Å²) in [6.45, 7) is 8.35. The first-order chi connectivity index (χ1) is 8.06. The van der Waals surface area contributed by atoms with E-state index in [1.54, 1.807) is 6.33 Å². The van der Waals surface area contributed by atoms with Crippen LogP contribution in [0.3, 0.4) is 0 Å². The zero-order valence-electron chi connectivity index (χ0n) is 10.5. The molecule has 0 aliphatic rings. The number of aromatic nitrogens is 2. The highest BCUT2D eigenvalue weighted by Gasteiger charge is 2.15. The average molecular weight is 225 g/mol. The van der Waals surface area contributed by atoms with Crippen LogP contribution in [-0.4, -0.2) is 9.97 Å². The molecule has 86 valence electrons. The molecule has 0 spiro atoms. The van der Waals surface area contributed by atoms with Gasteiger partial charge in [0.05, 0.1) is 12.0 Å². The summed E-state index contributed by atoms with van der Waals surface area (Å²) in [6, 6.07) is 4.30. The number of hydrogen-bond donors (Lipinski definition) is 1. The normalized spacial score (nSPS) is 10.3. The monoisotopic (exact) mass is 225 g/mol. The third kappa shape index (κ3) is 1.72. The minimum atomic E-state index is 0.459. The highest BCUT2D eigenvalue weighted by molar-refractivity contribution is 5.73. The molecule has 0 amide bonds. The Labute approximate surface area is 101 Å². The lowest BCUT2D eigenvalue weighted by Gasteiger charge is -2.14. The van der Waals surface area contributed by atoms with E-state index in [2.05, 4.69) is 49.8 Å². The molecule has 1 aromatic heterocycles. The number of hydrogen-bond acceptors (Lipinski definition) is 2. The van der Waals surface area contributed by atoms with Gasteiger partial charge in [-0.25, -0.2) is 4.98 Å². The average Bonchev–Trinajstić information content (AvgIpc) is 2.75. The molecule has 1 aromatic carbocycles. The molecule has 0 saturated heterocycles. The van der Waals surface area contributed by atoms with Crippen LogP contribution < -0.4 is 0 Å². The molecule has 17 heavy (non-hydrogen) atoms. The molecule has 0 aliphatic carbocycles. The van der Waals surface area contributed by atoms with E-state index < -0.39 is 0 Å². The molecule has 0 bridgehead atoms. The largest absolute Gasteiger partial charge is 0.343 e. The van der Waals surface area contributed by atoms with E-state index >= 15 is 0 Å². The van der Waals surface area contributed by atoms with Crippen LogP contribution in [0.4, 0.5) is 0 Å². The number of nitrogens with one attached hydrogen (secondary N) is 1. The van der Waals surface area contributed by atoms with Crippen LogP contribution in [0.5, 0.6) is 0 Å². The molecule has 2 aromatic rings. The maximum atomic E-state index is 9.06. The van der Waals surface area contributed by atoms with Crippen molar-refractivity contribution < 1.29 is 0 Å². The van der Waals surface area contributed by atoms with Crippen molar-refractivity contribution in [2.24, 2.45) is 0 Å². The summed E-state index contributed by atoms with van der Waals surface area (Å²) in [6.07, 6.45) is 1.57. The van der Waals surface area contributed by atoms with Crippen LogP contribution >= 0.6 is 0 Å². The number of H-pyrrole nitrogens is 1. The van der Waals surface area contributed by atoms with Gasteiger partial charge in [0.25, 0.3) is 0 Å². The summed E-state index contributed by atoms with van der Waals surface area (Å²) in [7, 11) is 0. The van der Waals surface area contributed by atoms with E-state index in [9.17, 15) is 0 Å². The quantitative estimate of drug-likeness (QED) is 0.810. The Hall–Kier alpha value is -2.08. The molecule has 0 saturated carbocycles. The van der Waals surface area contributed by atoms with Crippen molar-refractivity contribution >= 4 is 0 Å². The number of imidazole rings is 1. The van der Waals surface area contributed by atoms with Gasteiger partial charge in [-0.15, -0.1) is 0 Å². The van der Waals surface area contributed by atoms with Gasteiger partial charge in [-0.3, -0.25) is 0 Å². The maximum absolute atomic E-state index is 9.06. The van der Waals surface area contributed by atoms with Gasteiger partial charge in [0.15, 0.2) is 5.69 Å². The topological polar surface area (TPSA) is 52.5 Å². The van der Waals surface area contributed by atoms with Crippen LogP contribution in [0.25, 0.3) is 11.3 Å². The van der Waals surface area contributed by atoms with Gasteiger partial charge in [-0.05, 0) is 49.9 Å². The predicted octanol–water partition coefficient (Wildman–Crippen LogP) is 3.18. The third-order valence-electron chi connectivity index (χ3n) is 3.36. The second-order valence-electron chi connectivity index (χ2n) is 4.37. The summed E-state index contributed by atoms with van der Waals surface area (Å²) >= 11 is 0. The molecule has 0 atom stereocenters. The molecule has 0 fully saturated rings. The molecule has 1 N–H and O–H groups in total. The fraction of sp³-hybridized carbons (Fsp3) is 0.286. The van der Waals surface area contributed by atoms with E-state index in [4.69, 9.17) is 5.26 Å². The number of nitriles is 1. The molecule has 1 heterocycles. The molecule has 0 aliphatic heterocycles. The van der Waals surface area contributed by atoms with Crippen molar-refractivity contribution in [3.8, 4) is 17.3 Å². The Morgan fingerprint density at radius 1 is 1.12 bits per heavy atom. The summed E-state index contributed by atoms with van der Waals surface area (Å²) in [5.41, 5.74) is 7.28. The second kappa shape index (κ2) is 4.06. The minimum absolute atomic E-state index is 0.459. The molecular formula is C14H15N3. The van der Waals surface area contributed by atoms with Crippen molar-refractivity contribution in [3.05, 3.63) is 40.3 Å². The maximum Gasteiger partial charge on any atom is 0.166 e. The molecule has 3 nitrogen and oxygen atoms in total. The van der Waals surface area contributed by atoms with Crippen molar-refractivity contribution in [1.82, 2.24) is 9.97 Å². The number of rotatable bonds is 1. The standard InChI is InChI=1S/C14H15N3/c1-8-5-9(2)11(4)13(10(8)3)14-12(6-15)16-7-17-14/h5,7H,1-4H3,(H,16,17). The molecule has 3 heteroatoms. The summed E-state index contributed by atoms with van der Waals surface area (Å²) in [5, 5.41) is 9.06. The fourth-order valence-corrected chi connectivity index (χ4v) is 2.16. The van der Waals surface area contributed by atoms with Gasteiger partial charge in [0.2, 0.25) is 0 Å². The van der Waals surface area contributed by atoms with Crippen LogP contribution in [0.15, 0.2) is 12.4 Å². The van der Waals surface area contributed by atoms with E-state index in [-0.39, 0.29) is 0 Å². The van der Waals surface area contributed by atoms with E-state index in [0.717, 1.165) is 11.3 Å². The van der Waals surface area contributed by atoms with Crippen LogP contribution in [-0.2, 0) is 0 Å². The number of aromatic amines is 1. The van der Waals surface area contributed by atoms with Crippen LogP contribution in [0.1, 0.15) is 27.9 Å². The highest BCUT2D eigenvalue weighted by Crippen LogP contribution is 2.31. The zero-order chi connectivity index (χ0) is 12.6. The van der Waals surface area contributed by atoms with Crippen LogP contribution in [0, 0.1) is 39.0 Å². The van der Waals surface area contributed by atoms with Gasteiger partial charge in [-0.1, -0.05) is 6.07 Å². The third-order valence-corrected chi connectivity index (χ3v) is 3.36. The zero-order valence-corrected chi connectivity index (χ0v) is 10.5. The number of aryl methyl sites for hydroxylation is 2. The first kappa shape index (κ1) is 11.4. The Morgan fingerprint density at radius 3 is 2.24 bits per heavy atom. The summed E-state index contributed by atoms with van der Waals surface area (Å²) < 4.78 is 0. The van der Waals surface area contributed by atoms with Crippen molar-refractivity contribution in [2.75, 3.05) is 0 Å². The highest BCUT2D eigenvalue weighted by atomic mass is 14.9. The fourth-order valence-electron chi connectivity index (χ4n) is 2.16. The van der Waals surface area contributed by atoms with Gasteiger partial charge in [-0.2, -0.15) is 5.26 Å². The summed E-state index contributed by atoms with van der Waals surface area (Å²) in [5.74, 6) is 0. The van der Waals surface area contributed by atoms with Crippen molar-refractivity contribution in [1.29, 1.82) is 5.26 Å². The Bertz CT molecular complexity index is 589. The lowest BCUT2D eigenvalue weighted by molar-refractivity contribution is 1.22. The minimum Gasteiger partial charge on any atom is -0.343 e. The SMILES string of the molecule is Cc1cc(C)c(C)c(-c2[nH]cnc2C#N)c1C. The van der Waals surface area contributed by atoms with Crippen LogP contribution in [0.2, 0.25) is 0 Å². The van der Waals surface area contributed by atoms with E-state index in [1.165, 1.54) is 22.3 Å². The smallest absolute Gasteiger partial charge is 0.166 e. The van der Waals surface area contributed by atoms with Gasteiger partial charge >= 0.3 is 0 Å². The van der Waals surface area contributed by atoms with E-state index in [0.29, 0.717) is 5.69 Å². The Balaban J connectivity index is 2.81. The lowest BCUT2D eigenvalue weighted by atomic mass is 9.92. The number of benzene rings is 1. The van der Waals surface area contributed by atoms with Crippen molar-refractivity contribution in [3.63, 3.8) is 0 Å². The van der Waals surface area contributed by atoms with Gasteiger partial charge in [0, 0.05) is 5.56 Å². The van der Waals surface area contributed by atoms with Gasteiger partial charge in [0.1, 0.15) is 6.07 Å². The van der Waals surface area contributed by atoms with Crippen molar-refractivity contribution in [2.45, 2.75) is 27.7 Å². The Kier molecular flexibility index (Phi) is 2.72. The number of nitrogens with zero attached hydrogens (tertiary/aromatic N) is 2.